The average Bonchev–Trinajstić information content (AvgIpc) is 3.00. The molecule has 5 nitrogen and oxygen atoms in total. The van der Waals surface area contributed by atoms with Gasteiger partial charge in [0.1, 0.15) is 18.7 Å². The minimum Gasteiger partial charge on any atom is -0.382 e. The summed E-state index contributed by atoms with van der Waals surface area (Å²) in [7, 11) is 0. The molecule has 17 heavy (non-hydrogen) atoms. The minimum atomic E-state index is 0.0517. The molecule has 3 rings (SSSR count). The number of hydrogen-bond acceptors (Lipinski definition) is 4. The van der Waals surface area contributed by atoms with Gasteiger partial charge in [0, 0.05) is 6.07 Å². The molecule has 1 aromatic carbocycles. The first-order valence-electron chi connectivity index (χ1n) is 5.43. The van der Waals surface area contributed by atoms with Gasteiger partial charge in [-0.15, -0.1) is 0 Å². The number of nitrogen functional groups attached to an aromatic ring is 1. The van der Waals surface area contributed by atoms with Crippen LogP contribution in [0.1, 0.15) is 11.7 Å². The summed E-state index contributed by atoms with van der Waals surface area (Å²) in [5.41, 5.74) is 8.66. The van der Waals surface area contributed by atoms with E-state index in [1.165, 1.54) is 0 Å². The van der Waals surface area contributed by atoms with E-state index < -0.39 is 0 Å². The molecule has 0 aliphatic carbocycles. The normalized spacial score (nSPS) is 19.6. The maximum Gasteiger partial charge on any atom is 0.147 e. The number of nitrogens with one attached hydrogen (secondary N) is 1. The number of H-pyrrole nitrogens is 1. The number of ether oxygens (including phenoxy) is 2. The van der Waals surface area contributed by atoms with Crippen molar-refractivity contribution < 1.29 is 9.47 Å². The second-order valence-corrected chi connectivity index (χ2v) is 3.97. The topological polar surface area (TPSA) is 73.2 Å². The smallest absolute Gasteiger partial charge is 0.147 e. The zero-order chi connectivity index (χ0) is 11.7. The molecule has 0 bridgehead atoms. The third kappa shape index (κ3) is 2.02. The molecular weight excluding hydrogens is 218 g/mol. The van der Waals surface area contributed by atoms with Gasteiger partial charge in [-0.1, -0.05) is 24.3 Å². The van der Waals surface area contributed by atoms with E-state index in [4.69, 9.17) is 15.2 Å². The lowest BCUT2D eigenvalue weighted by atomic mass is 10.1. The molecule has 2 heterocycles. The van der Waals surface area contributed by atoms with E-state index in [0.717, 1.165) is 16.8 Å². The highest BCUT2D eigenvalue weighted by atomic mass is 16.7. The summed E-state index contributed by atoms with van der Waals surface area (Å²) in [6, 6.07) is 9.91. The molecule has 1 aromatic heterocycles. The monoisotopic (exact) mass is 231 g/mol. The van der Waals surface area contributed by atoms with E-state index in [1.54, 1.807) is 0 Å². The van der Waals surface area contributed by atoms with E-state index in [1.807, 2.05) is 30.3 Å². The Bertz CT molecular complexity index is 501. The molecule has 0 amide bonds. The Balaban J connectivity index is 1.84. The number of hydrogen-bond donors (Lipinski definition) is 2. The van der Waals surface area contributed by atoms with Crippen LogP contribution in [0.25, 0.3) is 11.3 Å². The van der Waals surface area contributed by atoms with Gasteiger partial charge in [-0.25, -0.2) is 0 Å². The number of aromatic amines is 1. The lowest BCUT2D eigenvalue weighted by Gasteiger charge is -2.07. The molecule has 88 valence electrons. The SMILES string of the molecule is Nc1cc(-c2ccc(C3COCO3)cc2)[nH]n1. The first kappa shape index (κ1) is 10.3. The van der Waals surface area contributed by atoms with Crippen LogP contribution in [0.2, 0.25) is 0 Å². The second kappa shape index (κ2) is 4.20. The van der Waals surface area contributed by atoms with Gasteiger partial charge in [0.25, 0.3) is 0 Å². The van der Waals surface area contributed by atoms with Gasteiger partial charge in [-0.2, -0.15) is 5.10 Å². The van der Waals surface area contributed by atoms with Crippen molar-refractivity contribution in [1.82, 2.24) is 10.2 Å². The van der Waals surface area contributed by atoms with Crippen LogP contribution < -0.4 is 5.73 Å². The summed E-state index contributed by atoms with van der Waals surface area (Å²) >= 11 is 0. The second-order valence-electron chi connectivity index (χ2n) is 3.97. The lowest BCUT2D eigenvalue weighted by Crippen LogP contribution is -1.98. The summed E-state index contributed by atoms with van der Waals surface area (Å²) in [5, 5.41) is 6.78. The fraction of sp³-hybridized carbons (Fsp3) is 0.250. The van der Waals surface area contributed by atoms with Gasteiger partial charge >= 0.3 is 0 Å². The standard InChI is InChI=1S/C12H13N3O2/c13-12-5-10(14-15-12)8-1-3-9(4-2-8)11-6-16-7-17-11/h1-5,11H,6-7H2,(H3,13,14,15). The Labute approximate surface area is 98.5 Å². The predicted molar refractivity (Wildman–Crippen MR) is 63.1 cm³/mol. The Morgan fingerprint density at radius 3 is 2.71 bits per heavy atom. The van der Waals surface area contributed by atoms with Crippen LogP contribution in [0.15, 0.2) is 30.3 Å². The van der Waals surface area contributed by atoms with Crippen LogP contribution in [-0.4, -0.2) is 23.6 Å². The molecule has 1 saturated heterocycles. The number of benzene rings is 1. The fourth-order valence-electron chi connectivity index (χ4n) is 1.89. The maximum atomic E-state index is 5.57. The van der Waals surface area contributed by atoms with Crippen molar-refractivity contribution in [2.24, 2.45) is 0 Å². The minimum absolute atomic E-state index is 0.0517. The van der Waals surface area contributed by atoms with Gasteiger partial charge < -0.3 is 15.2 Å². The highest BCUT2D eigenvalue weighted by Crippen LogP contribution is 2.25. The number of nitrogens with zero attached hydrogens (tertiary/aromatic N) is 1. The molecule has 2 aromatic rings. The van der Waals surface area contributed by atoms with E-state index in [2.05, 4.69) is 10.2 Å². The van der Waals surface area contributed by atoms with Gasteiger partial charge in [0.05, 0.1) is 12.3 Å². The van der Waals surface area contributed by atoms with Crippen LogP contribution in [0.4, 0.5) is 5.82 Å². The number of nitrogens with two attached hydrogens (primary N) is 1. The lowest BCUT2D eigenvalue weighted by molar-refractivity contribution is 0.0466. The maximum absolute atomic E-state index is 5.57. The highest BCUT2D eigenvalue weighted by Gasteiger charge is 2.17. The third-order valence-corrected chi connectivity index (χ3v) is 2.81. The molecule has 5 heteroatoms. The molecule has 1 unspecified atom stereocenters. The molecule has 3 N–H and O–H groups in total. The molecule has 1 aliphatic rings. The number of aromatic nitrogens is 2. The van der Waals surface area contributed by atoms with Crippen molar-refractivity contribution in [2.45, 2.75) is 6.10 Å². The van der Waals surface area contributed by atoms with Crippen LogP contribution in [0.3, 0.4) is 0 Å². The molecule has 0 saturated carbocycles. The quantitative estimate of drug-likeness (QED) is 0.825. The van der Waals surface area contributed by atoms with Crippen molar-refractivity contribution in [2.75, 3.05) is 19.1 Å². The van der Waals surface area contributed by atoms with Gasteiger partial charge in [-0.05, 0) is 11.1 Å². The van der Waals surface area contributed by atoms with Crippen LogP contribution in [-0.2, 0) is 9.47 Å². The van der Waals surface area contributed by atoms with Crippen LogP contribution >= 0.6 is 0 Å². The van der Waals surface area contributed by atoms with Gasteiger partial charge in [0.15, 0.2) is 0 Å². The Morgan fingerprint density at radius 1 is 1.29 bits per heavy atom. The van der Waals surface area contributed by atoms with Gasteiger partial charge in [-0.3, -0.25) is 5.10 Å². The third-order valence-electron chi connectivity index (χ3n) is 2.81. The average molecular weight is 231 g/mol. The first-order valence-corrected chi connectivity index (χ1v) is 5.43. The number of anilines is 1. The van der Waals surface area contributed by atoms with Crippen molar-refractivity contribution >= 4 is 5.82 Å². The summed E-state index contributed by atoms with van der Waals surface area (Å²) in [6.45, 7) is 1.000. The highest BCUT2D eigenvalue weighted by molar-refractivity contribution is 5.62. The van der Waals surface area contributed by atoms with E-state index in [9.17, 15) is 0 Å². The van der Waals surface area contributed by atoms with Gasteiger partial charge in [0.2, 0.25) is 0 Å². The first-order chi connectivity index (χ1) is 8.33. The molecule has 1 atom stereocenters. The predicted octanol–water partition coefficient (Wildman–Crippen LogP) is 1.70. The van der Waals surface area contributed by atoms with Crippen molar-refractivity contribution in [3.05, 3.63) is 35.9 Å². The summed E-state index contributed by atoms with van der Waals surface area (Å²) in [5.74, 6) is 0.497. The summed E-state index contributed by atoms with van der Waals surface area (Å²) in [4.78, 5) is 0. The molecule has 1 aliphatic heterocycles. The van der Waals surface area contributed by atoms with E-state index in [-0.39, 0.29) is 6.10 Å². The summed E-state index contributed by atoms with van der Waals surface area (Å²) < 4.78 is 10.6. The molecule has 0 radical (unpaired) electrons. The number of rotatable bonds is 2. The molecule has 1 fully saturated rings. The molecular formula is C12H13N3O2. The summed E-state index contributed by atoms with van der Waals surface area (Å²) in [6.07, 6.45) is 0.0517. The van der Waals surface area contributed by atoms with Crippen LogP contribution in [0, 0.1) is 0 Å². The Hall–Kier alpha value is -1.85. The molecule has 0 spiro atoms. The van der Waals surface area contributed by atoms with Crippen molar-refractivity contribution in [1.29, 1.82) is 0 Å². The largest absolute Gasteiger partial charge is 0.382 e. The zero-order valence-electron chi connectivity index (χ0n) is 9.22. The zero-order valence-corrected chi connectivity index (χ0v) is 9.22. The van der Waals surface area contributed by atoms with Crippen LogP contribution in [0.5, 0.6) is 0 Å². The van der Waals surface area contributed by atoms with E-state index >= 15 is 0 Å². The fourth-order valence-corrected chi connectivity index (χ4v) is 1.89. The van der Waals surface area contributed by atoms with Crippen molar-refractivity contribution in [3.8, 4) is 11.3 Å². The Kier molecular flexibility index (Phi) is 2.55. The van der Waals surface area contributed by atoms with E-state index in [0.29, 0.717) is 19.2 Å². The Morgan fingerprint density at radius 2 is 2.12 bits per heavy atom. The van der Waals surface area contributed by atoms with Crippen molar-refractivity contribution in [3.63, 3.8) is 0 Å².